The SMILES string of the molecule is O=C([C@H]1NCCc2[nH]cnc21)N1CCc2c([nH]c3ccccc23)C1. The fourth-order valence-electron chi connectivity index (χ4n) is 3.99. The van der Waals surface area contributed by atoms with Crippen molar-refractivity contribution in [3.63, 3.8) is 0 Å². The number of carbonyl (C=O) groups excluding carboxylic acids is 1. The molecule has 24 heavy (non-hydrogen) atoms. The highest BCUT2D eigenvalue weighted by Crippen LogP contribution is 2.29. The molecule has 6 nitrogen and oxygen atoms in total. The maximum absolute atomic E-state index is 13.0. The van der Waals surface area contributed by atoms with Gasteiger partial charge >= 0.3 is 0 Å². The molecule has 3 N–H and O–H groups in total. The molecular weight excluding hydrogens is 302 g/mol. The lowest BCUT2D eigenvalue weighted by molar-refractivity contribution is -0.134. The normalized spacial score (nSPS) is 20.0. The lowest BCUT2D eigenvalue weighted by Crippen LogP contribution is -2.45. The highest BCUT2D eigenvalue weighted by Gasteiger charge is 2.33. The Morgan fingerprint density at radius 3 is 3.08 bits per heavy atom. The average molecular weight is 321 g/mol. The Labute approximate surface area is 139 Å². The molecule has 1 aromatic carbocycles. The van der Waals surface area contributed by atoms with Crippen molar-refractivity contribution in [1.29, 1.82) is 0 Å². The number of aromatic nitrogens is 3. The number of hydrogen-bond acceptors (Lipinski definition) is 3. The lowest BCUT2D eigenvalue weighted by atomic mass is 10.0. The van der Waals surface area contributed by atoms with Crippen molar-refractivity contribution in [2.75, 3.05) is 13.1 Å². The molecule has 4 heterocycles. The number of carbonyl (C=O) groups is 1. The number of para-hydroxylation sites is 1. The van der Waals surface area contributed by atoms with Crippen molar-refractivity contribution in [2.24, 2.45) is 0 Å². The summed E-state index contributed by atoms with van der Waals surface area (Å²) in [7, 11) is 0. The molecule has 0 radical (unpaired) electrons. The minimum absolute atomic E-state index is 0.118. The van der Waals surface area contributed by atoms with Gasteiger partial charge in [-0.3, -0.25) is 4.79 Å². The standard InChI is InChI=1S/C18H19N5O/c24-18(17-16-14(5-7-19-17)20-10-21-16)23-8-6-12-11-3-1-2-4-13(11)22-15(12)9-23/h1-4,10,17,19,22H,5-9H2,(H,20,21)/t17-/m0/s1. The van der Waals surface area contributed by atoms with Crippen molar-refractivity contribution >= 4 is 16.8 Å². The van der Waals surface area contributed by atoms with Crippen LogP contribution >= 0.6 is 0 Å². The van der Waals surface area contributed by atoms with Crippen LogP contribution in [-0.2, 0) is 24.2 Å². The number of imidazole rings is 1. The Morgan fingerprint density at radius 2 is 2.12 bits per heavy atom. The van der Waals surface area contributed by atoms with E-state index < -0.39 is 0 Å². The first kappa shape index (κ1) is 13.8. The summed E-state index contributed by atoms with van der Waals surface area (Å²) in [5.74, 6) is 0.118. The van der Waals surface area contributed by atoms with Gasteiger partial charge < -0.3 is 20.2 Å². The lowest BCUT2D eigenvalue weighted by Gasteiger charge is -2.32. The Hall–Kier alpha value is -2.60. The maximum atomic E-state index is 13.0. The second-order valence-corrected chi connectivity index (χ2v) is 6.54. The monoisotopic (exact) mass is 321 g/mol. The van der Waals surface area contributed by atoms with E-state index in [0.29, 0.717) is 6.54 Å². The van der Waals surface area contributed by atoms with Gasteiger partial charge in [0.1, 0.15) is 6.04 Å². The van der Waals surface area contributed by atoms with Gasteiger partial charge in [-0.05, 0) is 18.1 Å². The second-order valence-electron chi connectivity index (χ2n) is 6.54. The van der Waals surface area contributed by atoms with Gasteiger partial charge in [-0.25, -0.2) is 4.98 Å². The molecule has 0 saturated heterocycles. The molecule has 122 valence electrons. The molecule has 0 unspecified atom stereocenters. The molecule has 2 aromatic heterocycles. The number of amides is 1. The molecule has 6 heteroatoms. The number of nitrogens with one attached hydrogen (secondary N) is 3. The van der Waals surface area contributed by atoms with Gasteiger partial charge in [0.25, 0.3) is 0 Å². The van der Waals surface area contributed by atoms with E-state index in [2.05, 4.69) is 38.5 Å². The van der Waals surface area contributed by atoms with Crippen LogP contribution in [-0.4, -0.2) is 38.8 Å². The average Bonchev–Trinajstić information content (AvgIpc) is 3.24. The van der Waals surface area contributed by atoms with Crippen molar-refractivity contribution in [2.45, 2.75) is 25.4 Å². The fourth-order valence-corrected chi connectivity index (χ4v) is 3.99. The van der Waals surface area contributed by atoms with Crippen LogP contribution in [0.15, 0.2) is 30.6 Å². The van der Waals surface area contributed by atoms with Crippen molar-refractivity contribution in [3.05, 3.63) is 53.2 Å². The first-order chi connectivity index (χ1) is 11.8. The highest BCUT2D eigenvalue weighted by molar-refractivity contribution is 5.87. The third kappa shape index (κ3) is 1.99. The van der Waals surface area contributed by atoms with E-state index in [0.717, 1.165) is 48.5 Å². The summed E-state index contributed by atoms with van der Waals surface area (Å²) in [4.78, 5) is 26.0. The zero-order valence-electron chi connectivity index (χ0n) is 13.3. The number of hydrogen-bond donors (Lipinski definition) is 3. The summed E-state index contributed by atoms with van der Waals surface area (Å²) in [6.07, 6.45) is 3.47. The summed E-state index contributed by atoms with van der Waals surface area (Å²) in [6, 6.07) is 8.03. The smallest absolute Gasteiger partial charge is 0.246 e. The maximum Gasteiger partial charge on any atom is 0.246 e. The third-order valence-corrected chi connectivity index (χ3v) is 5.19. The van der Waals surface area contributed by atoms with E-state index in [-0.39, 0.29) is 11.9 Å². The van der Waals surface area contributed by atoms with Gasteiger partial charge in [-0.15, -0.1) is 0 Å². The van der Waals surface area contributed by atoms with Crippen LogP contribution in [0.3, 0.4) is 0 Å². The molecule has 5 rings (SSSR count). The first-order valence-corrected chi connectivity index (χ1v) is 8.44. The van der Waals surface area contributed by atoms with Crippen LogP contribution in [0.5, 0.6) is 0 Å². The zero-order chi connectivity index (χ0) is 16.1. The number of fused-ring (bicyclic) bond motifs is 4. The van der Waals surface area contributed by atoms with Gasteiger partial charge in [-0.1, -0.05) is 18.2 Å². The van der Waals surface area contributed by atoms with Gasteiger partial charge in [-0.2, -0.15) is 0 Å². The number of aromatic amines is 2. The van der Waals surface area contributed by atoms with E-state index in [9.17, 15) is 4.79 Å². The van der Waals surface area contributed by atoms with Crippen LogP contribution in [0.1, 0.15) is 28.7 Å². The van der Waals surface area contributed by atoms with E-state index in [1.807, 2.05) is 11.0 Å². The molecule has 0 spiro atoms. The van der Waals surface area contributed by atoms with Crippen LogP contribution in [0.25, 0.3) is 10.9 Å². The molecule has 2 aliphatic heterocycles. The van der Waals surface area contributed by atoms with Crippen LogP contribution < -0.4 is 5.32 Å². The van der Waals surface area contributed by atoms with Crippen molar-refractivity contribution in [3.8, 4) is 0 Å². The minimum Gasteiger partial charge on any atom is -0.357 e. The molecule has 0 fully saturated rings. The fraction of sp³-hybridized carbons (Fsp3) is 0.333. The molecular formula is C18H19N5O. The molecule has 0 aliphatic carbocycles. The predicted molar refractivity (Wildman–Crippen MR) is 90.5 cm³/mol. The molecule has 1 amide bonds. The van der Waals surface area contributed by atoms with E-state index in [1.165, 1.54) is 10.9 Å². The zero-order valence-corrected chi connectivity index (χ0v) is 13.3. The topological polar surface area (TPSA) is 76.8 Å². The predicted octanol–water partition coefficient (Wildman–Crippen LogP) is 1.66. The third-order valence-electron chi connectivity index (χ3n) is 5.19. The second kappa shape index (κ2) is 5.21. The van der Waals surface area contributed by atoms with Gasteiger partial charge in [0.2, 0.25) is 5.91 Å². The number of benzene rings is 1. The molecule has 2 aliphatic rings. The summed E-state index contributed by atoms with van der Waals surface area (Å²) in [5.41, 5.74) is 5.60. The van der Waals surface area contributed by atoms with E-state index in [1.54, 1.807) is 6.33 Å². The first-order valence-electron chi connectivity index (χ1n) is 8.44. The quantitative estimate of drug-likeness (QED) is 0.638. The molecule has 0 saturated carbocycles. The Bertz CT molecular complexity index is 925. The van der Waals surface area contributed by atoms with Gasteiger partial charge in [0, 0.05) is 41.8 Å². The van der Waals surface area contributed by atoms with Crippen LogP contribution in [0.2, 0.25) is 0 Å². The summed E-state index contributed by atoms with van der Waals surface area (Å²) in [5, 5.41) is 4.61. The number of rotatable bonds is 1. The number of nitrogens with zero attached hydrogens (tertiary/aromatic N) is 2. The summed E-state index contributed by atoms with van der Waals surface area (Å²) in [6.45, 7) is 2.20. The van der Waals surface area contributed by atoms with E-state index >= 15 is 0 Å². The van der Waals surface area contributed by atoms with E-state index in [4.69, 9.17) is 0 Å². The highest BCUT2D eigenvalue weighted by atomic mass is 16.2. The van der Waals surface area contributed by atoms with Crippen molar-refractivity contribution < 1.29 is 4.79 Å². The Kier molecular flexibility index (Phi) is 2.99. The molecule has 3 aromatic rings. The Balaban J connectivity index is 1.44. The minimum atomic E-state index is -0.328. The van der Waals surface area contributed by atoms with Gasteiger partial charge in [0.05, 0.1) is 18.6 Å². The molecule has 0 bridgehead atoms. The van der Waals surface area contributed by atoms with Crippen LogP contribution in [0.4, 0.5) is 0 Å². The van der Waals surface area contributed by atoms with Crippen LogP contribution in [0, 0.1) is 0 Å². The van der Waals surface area contributed by atoms with Gasteiger partial charge in [0.15, 0.2) is 0 Å². The number of H-pyrrole nitrogens is 2. The molecule has 1 atom stereocenters. The Morgan fingerprint density at radius 1 is 1.21 bits per heavy atom. The largest absolute Gasteiger partial charge is 0.357 e. The van der Waals surface area contributed by atoms with Crippen molar-refractivity contribution in [1.82, 2.24) is 25.2 Å². The summed E-state index contributed by atoms with van der Waals surface area (Å²) >= 11 is 0. The summed E-state index contributed by atoms with van der Waals surface area (Å²) < 4.78 is 0.